The molecule has 1 saturated carbocycles. The molecule has 1 aliphatic rings. The van der Waals surface area contributed by atoms with E-state index in [-0.39, 0.29) is 17.5 Å². The lowest BCUT2D eigenvalue weighted by Gasteiger charge is -2.13. The highest BCUT2D eigenvalue weighted by Gasteiger charge is 2.32. The molecule has 1 aromatic carbocycles. The smallest absolute Gasteiger partial charge is 0.282 e. The summed E-state index contributed by atoms with van der Waals surface area (Å²) < 4.78 is 26.9. The molecule has 2 N–H and O–H groups in total. The number of hydrogen-bond donors (Lipinski definition) is 2. The minimum atomic E-state index is -2.80. The highest BCUT2D eigenvalue weighted by Crippen LogP contribution is 2.39. The molecule has 3 aromatic rings. The average molecular weight is 401 g/mol. The van der Waals surface area contributed by atoms with E-state index in [0.29, 0.717) is 5.69 Å². The number of amides is 1. The van der Waals surface area contributed by atoms with Gasteiger partial charge in [-0.05, 0) is 37.0 Å². The van der Waals surface area contributed by atoms with Crippen molar-refractivity contribution in [3.05, 3.63) is 63.8 Å². The Kier molecular flexibility index (Phi) is 5.02. The van der Waals surface area contributed by atoms with Crippen molar-refractivity contribution in [3.8, 4) is 10.4 Å². The maximum Gasteiger partial charge on any atom is 0.282 e. The Hall–Kier alpha value is -2.54. The number of hydrogen-bond acceptors (Lipinski definition) is 3. The van der Waals surface area contributed by atoms with Crippen molar-refractivity contribution in [2.24, 2.45) is 0 Å². The standard InChI is InChI=1S/C21H21F2N3OS/c1-11(15-10-16(28-12(15)2)13-6-4-3-5-7-13)18-17(19(20(22)23)26-25-18)21(27)24-14-8-9-14/h3-7,10-11,14,20H,8-9H2,1-2H3,(H,24,27)(H,25,26). The van der Waals surface area contributed by atoms with Crippen LogP contribution in [0.25, 0.3) is 10.4 Å². The van der Waals surface area contributed by atoms with Crippen molar-refractivity contribution in [1.82, 2.24) is 15.5 Å². The second-order valence-corrected chi connectivity index (χ2v) is 8.41. The molecule has 0 saturated heterocycles. The van der Waals surface area contributed by atoms with E-state index in [0.717, 1.165) is 33.7 Å². The van der Waals surface area contributed by atoms with Crippen LogP contribution in [0.1, 0.15) is 64.3 Å². The maximum atomic E-state index is 13.5. The molecular formula is C21H21F2N3OS. The summed E-state index contributed by atoms with van der Waals surface area (Å²) in [5.41, 5.74) is 2.07. The molecule has 2 aromatic heterocycles. The lowest BCUT2D eigenvalue weighted by atomic mass is 9.93. The van der Waals surface area contributed by atoms with Crippen molar-refractivity contribution < 1.29 is 13.6 Å². The molecule has 4 nitrogen and oxygen atoms in total. The summed E-state index contributed by atoms with van der Waals surface area (Å²) >= 11 is 1.66. The van der Waals surface area contributed by atoms with Crippen LogP contribution < -0.4 is 5.32 Å². The minimum absolute atomic E-state index is 0.0127. The highest BCUT2D eigenvalue weighted by molar-refractivity contribution is 7.15. The summed E-state index contributed by atoms with van der Waals surface area (Å²) in [6, 6.07) is 12.2. The summed E-state index contributed by atoms with van der Waals surface area (Å²) in [7, 11) is 0. The van der Waals surface area contributed by atoms with E-state index in [4.69, 9.17) is 0 Å². The van der Waals surface area contributed by atoms with E-state index in [1.807, 2.05) is 44.2 Å². The van der Waals surface area contributed by atoms with E-state index < -0.39 is 18.0 Å². The van der Waals surface area contributed by atoms with Crippen LogP contribution in [0, 0.1) is 6.92 Å². The first-order chi connectivity index (χ1) is 13.5. The van der Waals surface area contributed by atoms with Gasteiger partial charge in [0.2, 0.25) is 0 Å². The van der Waals surface area contributed by atoms with Gasteiger partial charge in [0.1, 0.15) is 5.69 Å². The van der Waals surface area contributed by atoms with Crippen molar-refractivity contribution in [3.63, 3.8) is 0 Å². The maximum absolute atomic E-state index is 13.5. The Bertz CT molecular complexity index is 993. The third kappa shape index (κ3) is 3.58. The van der Waals surface area contributed by atoms with Crippen molar-refractivity contribution >= 4 is 17.2 Å². The number of halogens is 2. The Morgan fingerprint density at radius 3 is 2.64 bits per heavy atom. The van der Waals surface area contributed by atoms with Gasteiger partial charge in [-0.1, -0.05) is 37.3 Å². The van der Waals surface area contributed by atoms with E-state index in [1.54, 1.807) is 11.3 Å². The fraction of sp³-hybridized carbons (Fsp3) is 0.333. The van der Waals surface area contributed by atoms with E-state index in [2.05, 4.69) is 21.6 Å². The predicted octanol–water partition coefficient (Wildman–Crippen LogP) is 5.43. The fourth-order valence-corrected chi connectivity index (χ4v) is 4.51. The Morgan fingerprint density at radius 1 is 1.29 bits per heavy atom. The molecule has 7 heteroatoms. The number of alkyl halides is 2. The van der Waals surface area contributed by atoms with Gasteiger partial charge in [0.25, 0.3) is 12.3 Å². The monoisotopic (exact) mass is 401 g/mol. The number of carbonyl (C=O) groups excluding carboxylic acids is 1. The number of aryl methyl sites for hydroxylation is 1. The predicted molar refractivity (Wildman–Crippen MR) is 106 cm³/mol. The SMILES string of the molecule is Cc1sc(-c2ccccc2)cc1C(C)c1[nH]nc(C(F)F)c1C(=O)NC1CC1. The Labute approximate surface area is 166 Å². The molecule has 4 rings (SSSR count). The van der Waals surface area contributed by atoms with Crippen LogP contribution in [0.3, 0.4) is 0 Å². The Balaban J connectivity index is 1.71. The summed E-state index contributed by atoms with van der Waals surface area (Å²) in [5.74, 6) is -0.724. The average Bonchev–Trinajstić information content (AvgIpc) is 3.23. The molecule has 1 amide bonds. The van der Waals surface area contributed by atoms with Gasteiger partial charge in [0.05, 0.1) is 11.3 Å². The molecule has 0 aliphatic heterocycles. The molecule has 1 fully saturated rings. The largest absolute Gasteiger partial charge is 0.349 e. The third-order valence-corrected chi connectivity index (χ3v) is 6.20. The lowest BCUT2D eigenvalue weighted by Crippen LogP contribution is -2.27. The second-order valence-electron chi connectivity index (χ2n) is 7.16. The lowest BCUT2D eigenvalue weighted by molar-refractivity contribution is 0.0935. The topological polar surface area (TPSA) is 57.8 Å². The second kappa shape index (κ2) is 7.47. The summed E-state index contributed by atoms with van der Waals surface area (Å²) in [6.07, 6.45) is -1.02. The van der Waals surface area contributed by atoms with Gasteiger partial charge in [-0.15, -0.1) is 11.3 Å². The van der Waals surface area contributed by atoms with Crippen LogP contribution in [0.5, 0.6) is 0 Å². The molecule has 0 spiro atoms. The van der Waals surface area contributed by atoms with Crippen LogP contribution >= 0.6 is 11.3 Å². The highest BCUT2D eigenvalue weighted by atomic mass is 32.1. The molecule has 2 heterocycles. The van der Waals surface area contributed by atoms with Gasteiger partial charge in [-0.2, -0.15) is 5.10 Å². The van der Waals surface area contributed by atoms with Crippen molar-refractivity contribution in [1.29, 1.82) is 0 Å². The zero-order valence-corrected chi connectivity index (χ0v) is 16.4. The molecule has 1 atom stereocenters. The number of aromatic amines is 1. The Morgan fingerprint density at radius 2 is 2.00 bits per heavy atom. The summed E-state index contributed by atoms with van der Waals surface area (Å²) in [4.78, 5) is 14.8. The zero-order chi connectivity index (χ0) is 19.8. The zero-order valence-electron chi connectivity index (χ0n) is 15.6. The minimum Gasteiger partial charge on any atom is -0.349 e. The first-order valence-electron chi connectivity index (χ1n) is 9.28. The van der Waals surface area contributed by atoms with Gasteiger partial charge in [0.15, 0.2) is 0 Å². The van der Waals surface area contributed by atoms with Crippen LogP contribution in [0.2, 0.25) is 0 Å². The molecule has 1 aliphatic carbocycles. The van der Waals surface area contributed by atoms with E-state index >= 15 is 0 Å². The van der Waals surface area contributed by atoms with Crippen LogP contribution in [0.4, 0.5) is 8.78 Å². The first kappa shape index (κ1) is 18.8. The quantitative estimate of drug-likeness (QED) is 0.579. The van der Waals surface area contributed by atoms with Crippen molar-refractivity contribution in [2.45, 2.75) is 45.1 Å². The molecular weight excluding hydrogens is 380 g/mol. The fourth-order valence-electron chi connectivity index (χ4n) is 3.39. The number of nitrogens with zero attached hydrogens (tertiary/aromatic N) is 1. The third-order valence-electron chi connectivity index (χ3n) is 5.08. The summed E-state index contributed by atoms with van der Waals surface area (Å²) in [6.45, 7) is 3.93. The molecule has 146 valence electrons. The normalized spacial score (nSPS) is 15.0. The molecule has 0 radical (unpaired) electrons. The van der Waals surface area contributed by atoms with E-state index in [9.17, 15) is 13.6 Å². The van der Waals surface area contributed by atoms with Gasteiger partial charge in [-0.25, -0.2) is 8.78 Å². The number of H-pyrrole nitrogens is 1. The molecule has 28 heavy (non-hydrogen) atoms. The van der Waals surface area contributed by atoms with E-state index in [1.165, 1.54) is 0 Å². The van der Waals surface area contributed by atoms with Gasteiger partial charge in [0, 0.05) is 21.7 Å². The van der Waals surface area contributed by atoms with Gasteiger partial charge in [-0.3, -0.25) is 9.89 Å². The number of carbonyl (C=O) groups is 1. The van der Waals surface area contributed by atoms with Gasteiger partial charge < -0.3 is 5.32 Å². The number of rotatable bonds is 6. The number of aromatic nitrogens is 2. The van der Waals surface area contributed by atoms with Crippen molar-refractivity contribution in [2.75, 3.05) is 0 Å². The summed E-state index contributed by atoms with van der Waals surface area (Å²) in [5, 5.41) is 9.31. The van der Waals surface area contributed by atoms with Crippen LogP contribution in [-0.4, -0.2) is 22.1 Å². The first-order valence-corrected chi connectivity index (χ1v) is 10.1. The van der Waals surface area contributed by atoms with Crippen LogP contribution in [-0.2, 0) is 0 Å². The molecule has 0 bridgehead atoms. The van der Waals surface area contributed by atoms with Gasteiger partial charge >= 0.3 is 0 Å². The van der Waals surface area contributed by atoms with Crippen LogP contribution in [0.15, 0.2) is 36.4 Å². The number of thiophene rings is 1. The molecule has 1 unspecified atom stereocenters. The number of nitrogens with one attached hydrogen (secondary N) is 2. The number of benzene rings is 1.